The van der Waals surface area contributed by atoms with Gasteiger partial charge in [-0.15, -0.1) is 0 Å². The zero-order chi connectivity index (χ0) is 45.1. The molecule has 1 aliphatic carbocycles. The van der Waals surface area contributed by atoms with E-state index in [4.69, 9.17) is 20.4 Å². The van der Waals surface area contributed by atoms with Crippen molar-refractivity contribution >= 4 is 0 Å². The summed E-state index contributed by atoms with van der Waals surface area (Å²) in [5.41, 5.74) is 33.6. The molecule has 0 N–H and O–H groups in total. The Labute approximate surface area is 380 Å². The summed E-state index contributed by atoms with van der Waals surface area (Å²) < 4.78 is 8.38. The summed E-state index contributed by atoms with van der Waals surface area (Å²) in [6.45, 7) is 31.5. The van der Waals surface area contributed by atoms with Crippen LogP contribution in [0.1, 0.15) is 134 Å². The summed E-state index contributed by atoms with van der Waals surface area (Å²) in [7, 11) is 0. The summed E-state index contributed by atoms with van der Waals surface area (Å²) in [4.78, 5) is 0. The maximum Gasteiger partial charge on any atom is 0.0664 e. The first-order valence-electron chi connectivity index (χ1n) is 23.0. The molecule has 8 bridgehead atoms. The minimum Gasteiger partial charge on any atom is -0.268 e. The van der Waals surface area contributed by atoms with Crippen LogP contribution in [0.25, 0.3) is 0 Å². The van der Waals surface area contributed by atoms with E-state index < -0.39 is 0 Å². The van der Waals surface area contributed by atoms with Crippen molar-refractivity contribution in [3.05, 3.63) is 207 Å². The molecule has 4 aromatic heterocycles. The van der Waals surface area contributed by atoms with Crippen molar-refractivity contribution in [1.29, 1.82) is 0 Å². The first-order valence-corrected chi connectivity index (χ1v) is 23.0. The Kier molecular flexibility index (Phi) is 11.4. The van der Waals surface area contributed by atoms with Gasteiger partial charge in [-0.25, -0.2) is 0 Å². The van der Waals surface area contributed by atoms with Crippen LogP contribution >= 0.6 is 0 Å². The summed E-state index contributed by atoms with van der Waals surface area (Å²) in [5.74, 6) is 0. The van der Waals surface area contributed by atoms with Gasteiger partial charge in [-0.2, -0.15) is 20.4 Å². The normalized spacial score (nSPS) is 12.7. The van der Waals surface area contributed by atoms with Crippen molar-refractivity contribution < 1.29 is 0 Å². The predicted octanol–water partition coefficient (Wildman–Crippen LogP) is 11.0. The van der Waals surface area contributed by atoms with E-state index in [0.717, 1.165) is 51.9 Å². The fourth-order valence-corrected chi connectivity index (χ4v) is 11.6. The second kappa shape index (κ2) is 17.0. The Hall–Kier alpha value is -6.28. The Balaban J connectivity index is 1.38. The number of hydrogen-bond donors (Lipinski definition) is 0. The molecule has 0 saturated carbocycles. The molecule has 4 aromatic carbocycles. The standard InChI is InChI=1S/C56H64N8/c1-33-45-25-47-34(2)49(41(9)54(39(47)7)30-62-22-14-18-58-62)27-51-36(4)52(44(12)56(43(51)11)32-64-24-16-20-60-64)28-50-35(3)48(40(8)55(42(50)10)31-63-23-15-19-59-63)26-46(33)38(6)53(37(45)5)29-61-21-13-17-57-61/h13-24H,25-32H2,1-12H3. The van der Waals surface area contributed by atoms with Gasteiger partial charge in [0.2, 0.25) is 0 Å². The summed E-state index contributed by atoms with van der Waals surface area (Å²) >= 11 is 0. The Morgan fingerprint density at radius 2 is 0.453 bits per heavy atom. The largest absolute Gasteiger partial charge is 0.268 e. The van der Waals surface area contributed by atoms with Gasteiger partial charge in [0.05, 0.1) is 26.2 Å². The van der Waals surface area contributed by atoms with Crippen molar-refractivity contribution in [2.75, 3.05) is 0 Å². The molecule has 8 aromatic rings. The number of benzene rings is 4. The summed E-state index contributed by atoms with van der Waals surface area (Å²) in [6, 6.07) is 8.15. The summed E-state index contributed by atoms with van der Waals surface area (Å²) in [5, 5.41) is 18.9. The zero-order valence-corrected chi connectivity index (χ0v) is 40.2. The number of hydrogen-bond acceptors (Lipinski definition) is 4. The highest BCUT2D eigenvalue weighted by molar-refractivity contribution is 5.63. The molecule has 8 nitrogen and oxygen atoms in total. The first kappa shape index (κ1) is 43.0. The highest BCUT2D eigenvalue weighted by Gasteiger charge is 2.28. The zero-order valence-electron chi connectivity index (χ0n) is 40.2. The van der Waals surface area contributed by atoms with Crippen LogP contribution in [0.4, 0.5) is 0 Å². The van der Waals surface area contributed by atoms with E-state index in [2.05, 4.69) is 127 Å². The molecule has 0 radical (unpaired) electrons. The lowest BCUT2D eigenvalue weighted by Gasteiger charge is -2.30. The highest BCUT2D eigenvalue weighted by Crippen LogP contribution is 2.41. The third kappa shape index (κ3) is 7.44. The second-order valence-electron chi connectivity index (χ2n) is 18.8. The SMILES string of the molecule is Cc1c2c(C)c(Cn3cccn3)c(C)c1Cc1c(C)c(c(C)c(Cn3cccn3)c1C)Cc1c(C)c(c(C)c(Cn3cccn3)c1C)Cc1c(C)c(c(C)c(Cn3cccn3)c1C)C2. The molecule has 9 rings (SSSR count). The Morgan fingerprint density at radius 1 is 0.281 bits per heavy atom. The molecular weight excluding hydrogens is 785 g/mol. The lowest BCUT2D eigenvalue weighted by Crippen LogP contribution is -2.18. The molecule has 1 aliphatic rings. The number of aromatic nitrogens is 8. The van der Waals surface area contributed by atoms with Crippen LogP contribution in [0, 0.1) is 83.1 Å². The van der Waals surface area contributed by atoms with Gasteiger partial charge in [0, 0.05) is 49.6 Å². The van der Waals surface area contributed by atoms with Gasteiger partial charge in [0.1, 0.15) is 0 Å². The lowest BCUT2D eigenvalue weighted by molar-refractivity contribution is 0.675. The number of nitrogens with zero attached hydrogens (tertiary/aromatic N) is 8. The van der Waals surface area contributed by atoms with E-state index in [1.54, 1.807) is 0 Å². The maximum absolute atomic E-state index is 4.73. The van der Waals surface area contributed by atoms with Crippen LogP contribution in [-0.2, 0) is 51.9 Å². The van der Waals surface area contributed by atoms with Crippen LogP contribution < -0.4 is 0 Å². The van der Waals surface area contributed by atoms with E-state index in [0.29, 0.717) is 0 Å². The van der Waals surface area contributed by atoms with Gasteiger partial charge >= 0.3 is 0 Å². The van der Waals surface area contributed by atoms with Crippen LogP contribution in [0.5, 0.6) is 0 Å². The van der Waals surface area contributed by atoms with E-state index in [9.17, 15) is 0 Å². The highest BCUT2D eigenvalue weighted by atomic mass is 15.3. The van der Waals surface area contributed by atoms with Crippen molar-refractivity contribution in [2.45, 2.75) is 135 Å². The van der Waals surface area contributed by atoms with Gasteiger partial charge in [-0.1, -0.05) is 0 Å². The van der Waals surface area contributed by atoms with Crippen LogP contribution in [0.15, 0.2) is 73.8 Å². The first-order chi connectivity index (χ1) is 30.7. The van der Waals surface area contributed by atoms with Gasteiger partial charge in [-0.3, -0.25) is 18.7 Å². The van der Waals surface area contributed by atoms with E-state index in [-0.39, 0.29) is 0 Å². The van der Waals surface area contributed by atoms with Crippen LogP contribution in [0.3, 0.4) is 0 Å². The van der Waals surface area contributed by atoms with Crippen molar-refractivity contribution in [2.24, 2.45) is 0 Å². The lowest BCUT2D eigenvalue weighted by atomic mass is 9.76. The summed E-state index contributed by atoms with van der Waals surface area (Å²) in [6.07, 6.45) is 19.4. The van der Waals surface area contributed by atoms with Gasteiger partial charge < -0.3 is 0 Å². The van der Waals surface area contributed by atoms with Gasteiger partial charge in [0.25, 0.3) is 0 Å². The predicted molar refractivity (Wildman–Crippen MR) is 259 cm³/mol. The Bertz CT molecular complexity index is 2500. The van der Waals surface area contributed by atoms with Crippen molar-refractivity contribution in [1.82, 2.24) is 39.1 Å². The molecule has 0 aliphatic heterocycles. The molecule has 0 spiro atoms. The third-order valence-corrected chi connectivity index (χ3v) is 15.8. The average molecular weight is 849 g/mol. The van der Waals surface area contributed by atoms with Crippen LogP contribution in [0.2, 0.25) is 0 Å². The second-order valence-corrected chi connectivity index (χ2v) is 18.8. The molecule has 328 valence electrons. The molecular formula is C56H64N8. The molecule has 0 unspecified atom stereocenters. The minimum atomic E-state index is 0.738. The smallest absolute Gasteiger partial charge is 0.0664 e. The van der Waals surface area contributed by atoms with Crippen LogP contribution in [-0.4, -0.2) is 39.1 Å². The molecule has 0 fully saturated rings. The van der Waals surface area contributed by atoms with E-state index in [1.807, 2.05) is 49.1 Å². The molecule has 8 heteroatoms. The quantitative estimate of drug-likeness (QED) is 0.153. The van der Waals surface area contributed by atoms with Crippen molar-refractivity contribution in [3.8, 4) is 0 Å². The number of rotatable bonds is 8. The molecule has 0 amide bonds. The van der Waals surface area contributed by atoms with E-state index >= 15 is 0 Å². The van der Waals surface area contributed by atoms with Crippen molar-refractivity contribution in [3.63, 3.8) is 0 Å². The van der Waals surface area contributed by atoms with E-state index in [1.165, 1.54) is 134 Å². The number of fused-ring (bicyclic) bond motifs is 8. The van der Waals surface area contributed by atoms with Gasteiger partial charge in [0.15, 0.2) is 0 Å². The molecule has 4 heterocycles. The van der Waals surface area contributed by atoms with Gasteiger partial charge in [-0.05, 0) is 267 Å². The monoisotopic (exact) mass is 849 g/mol. The molecule has 0 atom stereocenters. The topological polar surface area (TPSA) is 71.3 Å². The molecule has 64 heavy (non-hydrogen) atoms. The maximum atomic E-state index is 4.73. The Morgan fingerprint density at radius 3 is 0.594 bits per heavy atom. The molecule has 0 saturated heterocycles. The third-order valence-electron chi connectivity index (χ3n) is 15.8. The minimum absolute atomic E-state index is 0.738. The average Bonchev–Trinajstić information content (AvgIpc) is 4.13. The fourth-order valence-electron chi connectivity index (χ4n) is 11.6. The fraction of sp³-hybridized carbons (Fsp3) is 0.357.